The fraction of sp³-hybridized carbons (Fsp3) is 0.556. The van der Waals surface area contributed by atoms with Crippen molar-refractivity contribution in [2.75, 3.05) is 39.3 Å². The first-order valence-electron chi connectivity index (χ1n) is 8.87. The van der Waals surface area contributed by atoms with E-state index in [1.165, 1.54) is 6.92 Å². The summed E-state index contributed by atoms with van der Waals surface area (Å²) in [5.41, 5.74) is 0.620. The molecule has 134 valence electrons. The number of carbonyl (C=O) groups excluding carboxylic acids is 3. The average molecular weight is 344 g/mol. The van der Waals surface area contributed by atoms with E-state index in [1.807, 2.05) is 4.90 Å². The molecule has 2 aliphatic heterocycles. The van der Waals surface area contributed by atoms with Gasteiger partial charge in [-0.05, 0) is 31.4 Å². The SMILES string of the molecule is CC(=O)N1CCN(C(=O)c2cccc(C(=O)N3CCCCC3)n2)CC1. The van der Waals surface area contributed by atoms with Crippen LogP contribution in [0.2, 0.25) is 0 Å². The van der Waals surface area contributed by atoms with E-state index in [-0.39, 0.29) is 17.7 Å². The van der Waals surface area contributed by atoms with E-state index in [9.17, 15) is 14.4 Å². The number of piperazine rings is 1. The molecule has 25 heavy (non-hydrogen) atoms. The summed E-state index contributed by atoms with van der Waals surface area (Å²) in [5, 5.41) is 0. The van der Waals surface area contributed by atoms with E-state index in [1.54, 1.807) is 28.0 Å². The highest BCUT2D eigenvalue weighted by atomic mass is 16.2. The van der Waals surface area contributed by atoms with Gasteiger partial charge in [0, 0.05) is 46.2 Å². The summed E-state index contributed by atoms with van der Waals surface area (Å²) < 4.78 is 0. The molecule has 0 saturated carbocycles. The zero-order chi connectivity index (χ0) is 17.8. The summed E-state index contributed by atoms with van der Waals surface area (Å²) in [6.07, 6.45) is 3.19. The van der Waals surface area contributed by atoms with Gasteiger partial charge in [-0.1, -0.05) is 6.07 Å². The third-order valence-corrected chi connectivity index (χ3v) is 4.84. The number of rotatable bonds is 2. The summed E-state index contributed by atoms with van der Waals surface area (Å²) >= 11 is 0. The van der Waals surface area contributed by atoms with Crippen molar-refractivity contribution in [1.29, 1.82) is 0 Å². The van der Waals surface area contributed by atoms with Crippen LogP contribution in [-0.2, 0) is 4.79 Å². The molecule has 0 radical (unpaired) electrons. The molecule has 1 aromatic rings. The summed E-state index contributed by atoms with van der Waals surface area (Å²) in [7, 11) is 0. The largest absolute Gasteiger partial charge is 0.339 e. The Morgan fingerprint density at radius 2 is 1.24 bits per heavy atom. The van der Waals surface area contributed by atoms with Crippen LogP contribution in [0.4, 0.5) is 0 Å². The van der Waals surface area contributed by atoms with Crippen LogP contribution in [0.5, 0.6) is 0 Å². The maximum absolute atomic E-state index is 12.7. The molecule has 0 spiro atoms. The number of aromatic nitrogens is 1. The minimum Gasteiger partial charge on any atom is -0.339 e. The Hall–Kier alpha value is -2.44. The van der Waals surface area contributed by atoms with Gasteiger partial charge in [-0.3, -0.25) is 14.4 Å². The summed E-state index contributed by atoms with van der Waals surface area (Å²) in [4.78, 5) is 46.2. The predicted molar refractivity (Wildman–Crippen MR) is 92.1 cm³/mol. The number of likely N-dealkylation sites (tertiary alicyclic amines) is 1. The molecule has 2 aliphatic rings. The first-order valence-corrected chi connectivity index (χ1v) is 8.87. The summed E-state index contributed by atoms with van der Waals surface area (Å²) in [5.74, 6) is -0.258. The molecule has 0 unspecified atom stereocenters. The fourth-order valence-corrected chi connectivity index (χ4v) is 3.32. The number of hydrogen-bond acceptors (Lipinski definition) is 4. The fourth-order valence-electron chi connectivity index (χ4n) is 3.32. The molecule has 0 bridgehead atoms. The molecule has 3 heterocycles. The summed E-state index contributed by atoms with van der Waals surface area (Å²) in [6.45, 7) is 5.10. The van der Waals surface area contributed by atoms with Crippen molar-refractivity contribution >= 4 is 17.7 Å². The van der Waals surface area contributed by atoms with E-state index in [0.717, 1.165) is 32.4 Å². The second-order valence-electron chi connectivity index (χ2n) is 6.56. The Bertz CT molecular complexity index is 662. The Balaban J connectivity index is 1.67. The van der Waals surface area contributed by atoms with E-state index >= 15 is 0 Å². The minimum atomic E-state index is -0.184. The lowest BCUT2D eigenvalue weighted by atomic mass is 10.1. The van der Waals surface area contributed by atoms with Crippen LogP contribution in [0.3, 0.4) is 0 Å². The van der Waals surface area contributed by atoms with Crippen LogP contribution in [0.15, 0.2) is 18.2 Å². The predicted octanol–water partition coefficient (Wildman–Crippen LogP) is 1.01. The van der Waals surface area contributed by atoms with Gasteiger partial charge in [-0.2, -0.15) is 0 Å². The van der Waals surface area contributed by atoms with Crippen LogP contribution < -0.4 is 0 Å². The lowest BCUT2D eigenvalue weighted by Gasteiger charge is -2.34. The molecule has 0 N–H and O–H groups in total. The number of nitrogens with zero attached hydrogens (tertiary/aromatic N) is 4. The molecule has 3 rings (SSSR count). The van der Waals surface area contributed by atoms with E-state index in [2.05, 4.69) is 4.98 Å². The van der Waals surface area contributed by atoms with Crippen molar-refractivity contribution in [1.82, 2.24) is 19.7 Å². The summed E-state index contributed by atoms with van der Waals surface area (Å²) in [6, 6.07) is 5.03. The third kappa shape index (κ3) is 3.97. The van der Waals surface area contributed by atoms with Crippen LogP contribution in [0, 0.1) is 0 Å². The molecule has 7 heteroatoms. The van der Waals surface area contributed by atoms with Gasteiger partial charge in [0.2, 0.25) is 5.91 Å². The topological polar surface area (TPSA) is 73.8 Å². The van der Waals surface area contributed by atoms with Crippen molar-refractivity contribution in [3.05, 3.63) is 29.6 Å². The number of hydrogen-bond donors (Lipinski definition) is 0. The molecule has 2 saturated heterocycles. The highest BCUT2D eigenvalue weighted by Gasteiger charge is 2.25. The molecule has 0 aromatic carbocycles. The highest BCUT2D eigenvalue weighted by Crippen LogP contribution is 2.13. The molecule has 7 nitrogen and oxygen atoms in total. The smallest absolute Gasteiger partial charge is 0.272 e. The lowest BCUT2D eigenvalue weighted by Crippen LogP contribution is -2.50. The van der Waals surface area contributed by atoms with Crippen LogP contribution in [0.25, 0.3) is 0 Å². The van der Waals surface area contributed by atoms with Gasteiger partial charge in [0.05, 0.1) is 0 Å². The number of piperidine rings is 1. The van der Waals surface area contributed by atoms with E-state index < -0.39 is 0 Å². The van der Waals surface area contributed by atoms with Gasteiger partial charge < -0.3 is 14.7 Å². The van der Waals surface area contributed by atoms with E-state index in [0.29, 0.717) is 37.6 Å². The van der Waals surface area contributed by atoms with Crippen molar-refractivity contribution in [3.63, 3.8) is 0 Å². The highest BCUT2D eigenvalue weighted by molar-refractivity contribution is 5.96. The monoisotopic (exact) mass is 344 g/mol. The number of carbonyl (C=O) groups is 3. The van der Waals surface area contributed by atoms with Crippen LogP contribution in [-0.4, -0.2) is 76.7 Å². The van der Waals surface area contributed by atoms with E-state index in [4.69, 9.17) is 0 Å². The zero-order valence-electron chi connectivity index (χ0n) is 14.6. The molecule has 1 aromatic heterocycles. The molecule has 3 amide bonds. The standard InChI is InChI=1S/C18H24N4O3/c1-14(23)20-10-12-22(13-11-20)18(25)16-7-5-6-15(19-16)17(24)21-8-3-2-4-9-21/h5-7H,2-4,8-13H2,1H3. The second-order valence-corrected chi connectivity index (χ2v) is 6.56. The molecule has 0 aliphatic carbocycles. The first kappa shape index (κ1) is 17.4. The lowest BCUT2D eigenvalue weighted by molar-refractivity contribution is -0.130. The van der Waals surface area contributed by atoms with Crippen molar-refractivity contribution in [2.45, 2.75) is 26.2 Å². The zero-order valence-corrected chi connectivity index (χ0v) is 14.6. The Kier molecular flexibility index (Phi) is 5.31. The molecule has 0 atom stereocenters. The van der Waals surface area contributed by atoms with Crippen molar-refractivity contribution in [2.24, 2.45) is 0 Å². The molecule has 2 fully saturated rings. The van der Waals surface area contributed by atoms with Gasteiger partial charge in [-0.15, -0.1) is 0 Å². The van der Waals surface area contributed by atoms with Crippen LogP contribution >= 0.6 is 0 Å². The quantitative estimate of drug-likeness (QED) is 0.803. The Morgan fingerprint density at radius 1 is 0.760 bits per heavy atom. The van der Waals surface area contributed by atoms with Crippen molar-refractivity contribution in [3.8, 4) is 0 Å². The average Bonchev–Trinajstić information content (AvgIpc) is 2.67. The maximum Gasteiger partial charge on any atom is 0.272 e. The van der Waals surface area contributed by atoms with Gasteiger partial charge in [0.15, 0.2) is 0 Å². The number of amides is 3. The first-order chi connectivity index (χ1) is 12.1. The number of pyridine rings is 1. The van der Waals surface area contributed by atoms with Crippen molar-refractivity contribution < 1.29 is 14.4 Å². The normalized spacial score (nSPS) is 18.2. The minimum absolute atomic E-state index is 0.0272. The molecular formula is C18H24N4O3. The second kappa shape index (κ2) is 7.63. The molecular weight excluding hydrogens is 320 g/mol. The third-order valence-electron chi connectivity index (χ3n) is 4.84. The van der Waals surface area contributed by atoms with Gasteiger partial charge in [-0.25, -0.2) is 4.98 Å². The van der Waals surface area contributed by atoms with Crippen LogP contribution in [0.1, 0.15) is 47.2 Å². The van der Waals surface area contributed by atoms with Gasteiger partial charge in [0.1, 0.15) is 11.4 Å². The Labute approximate surface area is 147 Å². The van der Waals surface area contributed by atoms with Gasteiger partial charge in [0.25, 0.3) is 11.8 Å². The van der Waals surface area contributed by atoms with Gasteiger partial charge >= 0.3 is 0 Å². The Morgan fingerprint density at radius 3 is 1.76 bits per heavy atom. The maximum atomic E-state index is 12.7.